The van der Waals surface area contributed by atoms with E-state index in [0.29, 0.717) is 16.7 Å². The van der Waals surface area contributed by atoms with Crippen molar-refractivity contribution >= 4 is 34.0 Å². The van der Waals surface area contributed by atoms with Crippen molar-refractivity contribution in [2.45, 2.75) is 13.2 Å². The molecular formula is C27H21ClN6O2. The third kappa shape index (κ3) is 3.91. The van der Waals surface area contributed by atoms with Gasteiger partial charge in [-0.3, -0.25) is 4.90 Å². The first-order chi connectivity index (χ1) is 17.6. The van der Waals surface area contributed by atoms with Crippen LogP contribution in [-0.2, 0) is 4.84 Å². The number of aromatic nitrogens is 4. The molecule has 2 aromatic heterocycles. The second-order valence-corrected chi connectivity index (χ2v) is 8.82. The van der Waals surface area contributed by atoms with Crippen LogP contribution in [0.3, 0.4) is 0 Å². The fourth-order valence-corrected chi connectivity index (χ4v) is 4.40. The van der Waals surface area contributed by atoms with E-state index < -0.39 is 6.23 Å². The number of aryl methyl sites for hydroxylation is 1. The lowest BCUT2D eigenvalue weighted by atomic mass is 10.1. The normalized spacial score (nSPS) is 15.1. The number of hydrogen-bond donors (Lipinski definition) is 0. The summed E-state index contributed by atoms with van der Waals surface area (Å²) in [5, 5.41) is 10.5. The first-order valence-corrected chi connectivity index (χ1v) is 11.7. The number of oxime groups is 1. The van der Waals surface area contributed by atoms with Crippen LogP contribution >= 0.6 is 11.6 Å². The molecule has 0 radical (unpaired) electrons. The van der Waals surface area contributed by atoms with E-state index in [4.69, 9.17) is 26.2 Å². The summed E-state index contributed by atoms with van der Waals surface area (Å²) >= 11 is 6.15. The molecule has 6 rings (SSSR count). The van der Waals surface area contributed by atoms with Gasteiger partial charge in [0.15, 0.2) is 11.7 Å². The zero-order chi connectivity index (χ0) is 24.6. The molecule has 3 heterocycles. The lowest BCUT2D eigenvalue weighted by Crippen LogP contribution is -2.32. The van der Waals surface area contributed by atoms with E-state index in [1.165, 1.54) is 6.33 Å². The zero-order valence-electron chi connectivity index (χ0n) is 19.5. The molecule has 1 aliphatic rings. The number of rotatable bonds is 5. The minimum Gasteiger partial charge on any atom is -0.497 e. The molecule has 1 unspecified atom stereocenters. The SMILES string of the molecule is COc1ccc(N2C(c3ccc(Cl)cc3)=NOC2c2cc3cc(C)ccc3nc2-n2cncn2)cc1. The van der Waals surface area contributed by atoms with Gasteiger partial charge in [0.2, 0.25) is 6.23 Å². The van der Waals surface area contributed by atoms with Gasteiger partial charge in [-0.1, -0.05) is 28.4 Å². The molecule has 36 heavy (non-hydrogen) atoms. The van der Waals surface area contributed by atoms with Crippen LogP contribution in [0, 0.1) is 6.92 Å². The monoisotopic (exact) mass is 496 g/mol. The van der Waals surface area contributed by atoms with E-state index in [1.54, 1.807) is 18.1 Å². The van der Waals surface area contributed by atoms with E-state index in [-0.39, 0.29) is 0 Å². The summed E-state index contributed by atoms with van der Waals surface area (Å²) in [5.74, 6) is 2.02. The number of hydrogen-bond acceptors (Lipinski definition) is 7. The molecule has 1 aliphatic heterocycles. The van der Waals surface area contributed by atoms with Crippen LogP contribution in [0.1, 0.15) is 22.9 Å². The first kappa shape index (κ1) is 22.1. The number of anilines is 1. The fourth-order valence-electron chi connectivity index (χ4n) is 4.27. The van der Waals surface area contributed by atoms with Crippen LogP contribution in [-0.4, -0.2) is 32.7 Å². The van der Waals surface area contributed by atoms with Crippen LogP contribution in [0.15, 0.2) is 90.6 Å². The Morgan fingerprint density at radius 2 is 1.78 bits per heavy atom. The first-order valence-electron chi connectivity index (χ1n) is 11.3. The number of fused-ring (bicyclic) bond motifs is 1. The van der Waals surface area contributed by atoms with Gasteiger partial charge in [0.25, 0.3) is 0 Å². The number of methoxy groups -OCH3 is 1. The molecule has 9 heteroatoms. The van der Waals surface area contributed by atoms with Crippen molar-refractivity contribution in [3.63, 3.8) is 0 Å². The quantitative estimate of drug-likeness (QED) is 0.311. The average molecular weight is 497 g/mol. The minimum absolute atomic E-state index is 0.610. The molecule has 0 bridgehead atoms. The Morgan fingerprint density at radius 1 is 0.972 bits per heavy atom. The lowest BCUT2D eigenvalue weighted by molar-refractivity contribution is 0.0865. The van der Waals surface area contributed by atoms with Crippen LogP contribution in [0.4, 0.5) is 5.69 Å². The Bertz CT molecular complexity index is 1570. The van der Waals surface area contributed by atoms with Gasteiger partial charge in [-0.15, -0.1) is 0 Å². The highest BCUT2D eigenvalue weighted by molar-refractivity contribution is 6.30. The molecule has 3 aromatic carbocycles. The van der Waals surface area contributed by atoms with Gasteiger partial charge < -0.3 is 9.57 Å². The Morgan fingerprint density at radius 3 is 2.50 bits per heavy atom. The van der Waals surface area contributed by atoms with Crippen LogP contribution in [0.25, 0.3) is 16.7 Å². The van der Waals surface area contributed by atoms with E-state index >= 15 is 0 Å². The molecule has 0 fully saturated rings. The summed E-state index contributed by atoms with van der Waals surface area (Å²) in [4.78, 5) is 17.2. The smallest absolute Gasteiger partial charge is 0.235 e. The van der Waals surface area contributed by atoms with Gasteiger partial charge in [-0.05, 0) is 73.7 Å². The molecule has 8 nitrogen and oxygen atoms in total. The third-order valence-corrected chi connectivity index (χ3v) is 6.29. The van der Waals surface area contributed by atoms with Crippen LogP contribution < -0.4 is 9.64 Å². The third-order valence-electron chi connectivity index (χ3n) is 6.04. The molecule has 1 atom stereocenters. The molecule has 0 amide bonds. The average Bonchev–Trinajstić information content (AvgIpc) is 3.59. The van der Waals surface area contributed by atoms with E-state index in [9.17, 15) is 0 Å². The van der Waals surface area contributed by atoms with Crippen molar-refractivity contribution in [2.24, 2.45) is 5.16 Å². The van der Waals surface area contributed by atoms with Gasteiger partial charge in [-0.25, -0.2) is 14.6 Å². The van der Waals surface area contributed by atoms with Crippen molar-refractivity contribution in [1.82, 2.24) is 19.7 Å². The number of amidine groups is 1. The molecule has 0 saturated heterocycles. The van der Waals surface area contributed by atoms with Crippen molar-refractivity contribution in [1.29, 1.82) is 0 Å². The predicted molar refractivity (Wildman–Crippen MR) is 139 cm³/mol. The number of benzene rings is 3. The van der Waals surface area contributed by atoms with Gasteiger partial charge in [-0.2, -0.15) is 5.10 Å². The van der Waals surface area contributed by atoms with Crippen LogP contribution in [0.2, 0.25) is 5.02 Å². The lowest BCUT2D eigenvalue weighted by Gasteiger charge is -2.27. The molecule has 0 aliphatic carbocycles. The molecule has 0 spiro atoms. The maximum Gasteiger partial charge on any atom is 0.235 e. The largest absolute Gasteiger partial charge is 0.497 e. The van der Waals surface area contributed by atoms with E-state index in [2.05, 4.69) is 34.3 Å². The summed E-state index contributed by atoms with van der Waals surface area (Å²) in [7, 11) is 1.64. The highest BCUT2D eigenvalue weighted by Crippen LogP contribution is 2.38. The second kappa shape index (κ2) is 8.98. The van der Waals surface area contributed by atoms with E-state index in [0.717, 1.165) is 39.0 Å². The van der Waals surface area contributed by atoms with Crippen molar-refractivity contribution in [3.05, 3.63) is 107 Å². The minimum atomic E-state index is -0.610. The molecule has 178 valence electrons. The Labute approximate surface area is 212 Å². The highest BCUT2D eigenvalue weighted by Gasteiger charge is 2.36. The standard InChI is InChI=1S/C27H21ClN6O2/c1-17-3-12-24-19(13-17)14-23(26(31-24)33-16-29-15-30-33)27-34(21-8-10-22(35-2)11-9-21)25(32-36-27)18-4-6-20(28)7-5-18/h3-16,27H,1-2H3. The number of nitrogens with zero attached hydrogens (tertiary/aromatic N) is 6. The second-order valence-electron chi connectivity index (χ2n) is 8.38. The van der Waals surface area contributed by atoms with E-state index in [1.807, 2.05) is 65.6 Å². The van der Waals surface area contributed by atoms with Crippen molar-refractivity contribution < 1.29 is 9.57 Å². The summed E-state index contributed by atoms with van der Waals surface area (Å²) in [6.07, 6.45) is 2.50. The zero-order valence-corrected chi connectivity index (χ0v) is 20.3. The van der Waals surface area contributed by atoms with Crippen molar-refractivity contribution in [3.8, 4) is 11.6 Å². The topological polar surface area (TPSA) is 77.7 Å². The Kier molecular flexibility index (Phi) is 5.50. The molecule has 0 N–H and O–H groups in total. The van der Waals surface area contributed by atoms with Gasteiger partial charge >= 0.3 is 0 Å². The fraction of sp³-hybridized carbons (Fsp3) is 0.111. The number of halogens is 1. The van der Waals surface area contributed by atoms with Gasteiger partial charge in [0.05, 0.1) is 18.2 Å². The Balaban J connectivity index is 1.54. The van der Waals surface area contributed by atoms with Crippen LogP contribution in [0.5, 0.6) is 5.75 Å². The summed E-state index contributed by atoms with van der Waals surface area (Å²) in [6.45, 7) is 2.06. The maximum atomic E-state index is 6.15. The summed E-state index contributed by atoms with van der Waals surface area (Å²) in [6, 6.07) is 23.5. The summed E-state index contributed by atoms with van der Waals surface area (Å²) < 4.78 is 7.02. The van der Waals surface area contributed by atoms with Crippen molar-refractivity contribution in [2.75, 3.05) is 12.0 Å². The Hall–Kier alpha value is -4.43. The number of ether oxygens (including phenoxy) is 1. The van der Waals surface area contributed by atoms with Gasteiger partial charge in [0.1, 0.15) is 18.4 Å². The number of pyridine rings is 1. The molecule has 0 saturated carbocycles. The molecule has 5 aromatic rings. The predicted octanol–water partition coefficient (Wildman–Crippen LogP) is 5.68. The summed E-state index contributed by atoms with van der Waals surface area (Å²) in [5.41, 5.74) is 4.52. The molecular weight excluding hydrogens is 476 g/mol. The van der Waals surface area contributed by atoms with Gasteiger partial charge in [0, 0.05) is 21.7 Å². The highest BCUT2D eigenvalue weighted by atomic mass is 35.5. The maximum absolute atomic E-state index is 6.15.